The third-order valence-electron chi connectivity index (χ3n) is 2.57. The Bertz CT molecular complexity index is 595. The molecule has 1 heterocycles. The Kier molecular flexibility index (Phi) is 4.84. The Morgan fingerprint density at radius 3 is 2.65 bits per heavy atom. The van der Waals surface area contributed by atoms with Crippen molar-refractivity contribution in [2.24, 2.45) is 0 Å². The van der Waals surface area contributed by atoms with Crippen LogP contribution < -0.4 is 10.4 Å². The van der Waals surface area contributed by atoms with Crippen LogP contribution in [0.1, 0.15) is 16.3 Å². The summed E-state index contributed by atoms with van der Waals surface area (Å²) < 4.78 is 0. The maximum atomic E-state index is 11.7. The Labute approximate surface area is 120 Å². The fourth-order valence-electron chi connectivity index (χ4n) is 1.66. The number of carboxylic acid groups (broad SMARTS) is 1. The van der Waals surface area contributed by atoms with E-state index in [-0.39, 0.29) is 18.7 Å². The molecule has 0 aliphatic rings. The molecule has 0 saturated carbocycles. The van der Waals surface area contributed by atoms with Crippen molar-refractivity contribution in [3.05, 3.63) is 52.0 Å². The normalized spacial score (nSPS) is 10.2. The Hall–Kier alpha value is -2.21. The third-order valence-corrected chi connectivity index (χ3v) is 3.47. The zero-order chi connectivity index (χ0) is 14.4. The molecule has 0 aliphatic heterocycles. The van der Waals surface area contributed by atoms with E-state index in [0.29, 0.717) is 17.2 Å². The molecule has 1 aromatic carbocycles. The fraction of sp³-hybridized carbons (Fsp3) is 0.214. The molecular formula is C14H13N2O3S-. The molecule has 2 aromatic rings. The Morgan fingerprint density at radius 2 is 1.95 bits per heavy atom. The number of aromatic nitrogens is 1. The zero-order valence-electron chi connectivity index (χ0n) is 10.7. The summed E-state index contributed by atoms with van der Waals surface area (Å²) in [6.07, 6.45) is -0.0628. The molecule has 5 nitrogen and oxygen atoms in total. The molecule has 1 aromatic heterocycles. The van der Waals surface area contributed by atoms with Crippen LogP contribution in [0.4, 0.5) is 0 Å². The summed E-state index contributed by atoms with van der Waals surface area (Å²) in [7, 11) is 0. The zero-order valence-corrected chi connectivity index (χ0v) is 11.5. The molecule has 6 heteroatoms. The van der Waals surface area contributed by atoms with E-state index in [0.717, 1.165) is 5.56 Å². The first kappa shape index (κ1) is 14.2. The van der Waals surface area contributed by atoms with Crippen molar-refractivity contribution in [1.29, 1.82) is 0 Å². The van der Waals surface area contributed by atoms with Crippen LogP contribution in [0.3, 0.4) is 0 Å². The minimum Gasteiger partial charge on any atom is -0.550 e. The molecule has 0 saturated heterocycles. The van der Waals surface area contributed by atoms with Gasteiger partial charge in [0.05, 0.1) is 12.1 Å². The van der Waals surface area contributed by atoms with Crippen molar-refractivity contribution in [3.63, 3.8) is 0 Å². The van der Waals surface area contributed by atoms with E-state index in [2.05, 4.69) is 10.3 Å². The van der Waals surface area contributed by atoms with E-state index < -0.39 is 5.97 Å². The van der Waals surface area contributed by atoms with Gasteiger partial charge in [0, 0.05) is 24.3 Å². The smallest absolute Gasteiger partial charge is 0.227 e. The topological polar surface area (TPSA) is 82.1 Å². The second kappa shape index (κ2) is 6.81. The van der Waals surface area contributed by atoms with Gasteiger partial charge in [-0.1, -0.05) is 30.3 Å². The highest BCUT2D eigenvalue weighted by molar-refractivity contribution is 7.09. The first-order chi connectivity index (χ1) is 9.63. The molecule has 0 spiro atoms. The van der Waals surface area contributed by atoms with E-state index in [4.69, 9.17) is 0 Å². The van der Waals surface area contributed by atoms with Gasteiger partial charge in [-0.05, 0) is 5.56 Å². The minimum absolute atomic E-state index is 0.136. The van der Waals surface area contributed by atoms with Gasteiger partial charge in [0.1, 0.15) is 5.01 Å². The molecule has 0 radical (unpaired) electrons. The summed E-state index contributed by atoms with van der Waals surface area (Å²) in [5, 5.41) is 15.5. The molecule has 0 unspecified atom stereocenters. The lowest BCUT2D eigenvalue weighted by Crippen LogP contribution is -2.25. The van der Waals surface area contributed by atoms with E-state index in [9.17, 15) is 14.7 Å². The van der Waals surface area contributed by atoms with E-state index in [1.165, 1.54) is 11.3 Å². The van der Waals surface area contributed by atoms with Gasteiger partial charge in [0.15, 0.2) is 0 Å². The highest BCUT2D eigenvalue weighted by Gasteiger charge is 2.08. The number of aliphatic carboxylic acids is 1. The summed E-state index contributed by atoms with van der Waals surface area (Å²) >= 11 is 1.28. The van der Waals surface area contributed by atoms with Gasteiger partial charge in [0.2, 0.25) is 5.91 Å². The lowest BCUT2D eigenvalue weighted by atomic mass is 10.2. The summed E-state index contributed by atoms with van der Waals surface area (Å²) in [4.78, 5) is 26.3. The molecule has 0 atom stereocenters. The van der Waals surface area contributed by atoms with Crippen LogP contribution in [0.5, 0.6) is 0 Å². The molecule has 1 N–H and O–H groups in total. The monoisotopic (exact) mass is 289 g/mol. The van der Waals surface area contributed by atoms with Gasteiger partial charge in [-0.15, -0.1) is 11.3 Å². The van der Waals surface area contributed by atoms with Crippen molar-refractivity contribution < 1.29 is 14.7 Å². The van der Waals surface area contributed by atoms with Crippen molar-refractivity contribution in [2.75, 3.05) is 0 Å². The number of nitrogens with zero attached hydrogens (tertiary/aromatic N) is 1. The van der Waals surface area contributed by atoms with Crippen LogP contribution in [-0.4, -0.2) is 16.9 Å². The van der Waals surface area contributed by atoms with Crippen molar-refractivity contribution in [1.82, 2.24) is 10.3 Å². The predicted molar refractivity (Wildman–Crippen MR) is 72.8 cm³/mol. The first-order valence-electron chi connectivity index (χ1n) is 6.07. The third kappa shape index (κ3) is 4.47. The number of hydrogen-bond acceptors (Lipinski definition) is 5. The number of thiazole rings is 1. The van der Waals surface area contributed by atoms with Crippen LogP contribution >= 0.6 is 11.3 Å². The van der Waals surface area contributed by atoms with Crippen LogP contribution in [0.2, 0.25) is 0 Å². The summed E-state index contributed by atoms with van der Waals surface area (Å²) in [6.45, 7) is 0.469. The maximum Gasteiger partial charge on any atom is 0.227 e. The average molecular weight is 289 g/mol. The van der Waals surface area contributed by atoms with Crippen LogP contribution in [-0.2, 0) is 29.0 Å². The number of amides is 1. The highest BCUT2D eigenvalue weighted by Crippen LogP contribution is 2.11. The molecule has 104 valence electrons. The van der Waals surface area contributed by atoms with Gasteiger partial charge >= 0.3 is 0 Å². The van der Waals surface area contributed by atoms with Crippen molar-refractivity contribution in [3.8, 4) is 0 Å². The second-order valence-corrected chi connectivity index (χ2v) is 5.16. The maximum absolute atomic E-state index is 11.7. The molecule has 1 amide bonds. The quantitative estimate of drug-likeness (QED) is 0.829. The van der Waals surface area contributed by atoms with E-state index in [1.54, 1.807) is 5.38 Å². The molecule has 0 bridgehead atoms. The summed E-state index contributed by atoms with van der Waals surface area (Å²) in [5.74, 6) is -1.31. The fourth-order valence-corrected chi connectivity index (χ4v) is 2.45. The first-order valence-corrected chi connectivity index (χ1v) is 6.95. The Morgan fingerprint density at radius 1 is 1.20 bits per heavy atom. The number of carboxylic acids is 1. The summed E-state index contributed by atoms with van der Waals surface area (Å²) in [5.41, 5.74) is 1.46. The molecule has 0 aliphatic carbocycles. The van der Waals surface area contributed by atoms with Crippen LogP contribution in [0, 0.1) is 0 Å². The van der Waals surface area contributed by atoms with Gasteiger partial charge in [-0.3, -0.25) is 4.79 Å². The molecule has 2 rings (SSSR count). The van der Waals surface area contributed by atoms with Gasteiger partial charge in [0.25, 0.3) is 0 Å². The number of hydrogen-bond donors (Lipinski definition) is 1. The minimum atomic E-state index is -1.17. The number of rotatable bonds is 6. The van der Waals surface area contributed by atoms with Gasteiger partial charge < -0.3 is 15.2 Å². The van der Waals surface area contributed by atoms with Crippen molar-refractivity contribution in [2.45, 2.75) is 19.4 Å². The number of benzene rings is 1. The number of carbonyl (C=O) groups is 2. The number of carbonyl (C=O) groups excluding carboxylic acids is 2. The second-order valence-electron chi connectivity index (χ2n) is 4.22. The Balaban J connectivity index is 1.82. The van der Waals surface area contributed by atoms with Crippen LogP contribution in [0.15, 0.2) is 35.7 Å². The molecular weight excluding hydrogens is 276 g/mol. The molecule has 20 heavy (non-hydrogen) atoms. The van der Waals surface area contributed by atoms with E-state index >= 15 is 0 Å². The molecule has 0 fully saturated rings. The van der Waals surface area contributed by atoms with Crippen LogP contribution in [0.25, 0.3) is 0 Å². The van der Waals surface area contributed by atoms with Gasteiger partial charge in [-0.2, -0.15) is 0 Å². The highest BCUT2D eigenvalue weighted by atomic mass is 32.1. The summed E-state index contributed by atoms with van der Waals surface area (Å²) in [6, 6.07) is 9.60. The van der Waals surface area contributed by atoms with Crippen molar-refractivity contribution >= 4 is 23.2 Å². The lowest BCUT2D eigenvalue weighted by molar-refractivity contribution is -0.304. The standard InChI is InChI=1S/C14H14N2O3S/c17-12(15-8-10-4-2-1-3-5-10)7-13-16-11(9-20-13)6-14(18)19/h1-5,9H,6-8H2,(H,15,17)(H,18,19)/p-1. The predicted octanol–water partition coefficient (Wildman–Crippen LogP) is 0.294. The number of nitrogens with one attached hydrogen (secondary N) is 1. The van der Waals surface area contributed by atoms with E-state index in [1.807, 2.05) is 30.3 Å². The van der Waals surface area contributed by atoms with Gasteiger partial charge in [-0.25, -0.2) is 4.98 Å². The lowest BCUT2D eigenvalue weighted by Gasteiger charge is -2.03. The SMILES string of the molecule is O=C([O-])Cc1csc(CC(=O)NCc2ccccc2)n1. The average Bonchev–Trinajstić information content (AvgIpc) is 2.84. The largest absolute Gasteiger partial charge is 0.550 e.